The van der Waals surface area contributed by atoms with Crippen molar-refractivity contribution in [2.24, 2.45) is 0 Å². The van der Waals surface area contributed by atoms with Gasteiger partial charge >= 0.3 is 0 Å². The van der Waals surface area contributed by atoms with Crippen LogP contribution in [0, 0.1) is 0 Å². The molecule has 15 heavy (non-hydrogen) atoms. The zero-order valence-electron chi connectivity index (χ0n) is 10.8. The van der Waals surface area contributed by atoms with E-state index in [-0.39, 0.29) is 0 Å². The monoisotopic (exact) mass is 214 g/mol. The Labute approximate surface area is 94.4 Å². The highest BCUT2D eigenvalue weighted by Crippen LogP contribution is 1.98. The summed E-state index contributed by atoms with van der Waals surface area (Å²) in [6, 6.07) is 0. The summed E-state index contributed by atoms with van der Waals surface area (Å²) in [7, 11) is 0. The van der Waals surface area contributed by atoms with E-state index in [2.05, 4.69) is 6.92 Å². The Morgan fingerprint density at radius 3 is 1.73 bits per heavy atom. The molecule has 0 atom stereocenters. The molecule has 0 saturated heterocycles. The molecule has 2 heteroatoms. The number of carbonyl (C=O) groups excluding carboxylic acids is 2. The molecule has 0 aliphatic heterocycles. The average Bonchev–Trinajstić information content (AvgIpc) is 2.19. The third-order valence-corrected chi connectivity index (χ3v) is 2.06. The highest BCUT2D eigenvalue weighted by atomic mass is 16.1. The number of Topliss-reactive ketones (excluding diaryl/α,β-unsaturated/α-hetero) is 2. The second-order valence-electron chi connectivity index (χ2n) is 3.80. The maximum absolute atomic E-state index is 10.4. The summed E-state index contributed by atoms with van der Waals surface area (Å²) in [5, 5.41) is 0. The molecule has 0 amide bonds. The molecule has 90 valence electrons. The van der Waals surface area contributed by atoms with Crippen LogP contribution in [0.15, 0.2) is 0 Å². The first kappa shape index (κ1) is 16.8. The Morgan fingerprint density at radius 1 is 0.867 bits per heavy atom. The van der Waals surface area contributed by atoms with Gasteiger partial charge in [0.2, 0.25) is 0 Å². The molecule has 0 N–H and O–H groups in total. The summed E-state index contributed by atoms with van der Waals surface area (Å²) in [6.07, 6.45) is 6.70. The molecule has 0 aromatic heterocycles. The molecular formula is C13H26O2. The first-order valence-electron chi connectivity index (χ1n) is 6.09. The first-order valence-corrected chi connectivity index (χ1v) is 6.09. The van der Waals surface area contributed by atoms with E-state index in [0.717, 1.165) is 25.7 Å². The molecule has 0 saturated carbocycles. The predicted molar refractivity (Wildman–Crippen MR) is 65.0 cm³/mol. The second-order valence-corrected chi connectivity index (χ2v) is 3.80. The van der Waals surface area contributed by atoms with Crippen molar-refractivity contribution in [2.75, 3.05) is 0 Å². The molecular weight excluding hydrogens is 188 g/mol. The number of hydrogen-bond acceptors (Lipinski definition) is 2. The van der Waals surface area contributed by atoms with E-state index in [1.54, 1.807) is 6.92 Å². The molecule has 0 aromatic rings. The van der Waals surface area contributed by atoms with Gasteiger partial charge in [0, 0.05) is 19.3 Å². The summed E-state index contributed by atoms with van der Waals surface area (Å²) in [6.45, 7) is 7.71. The zero-order chi connectivity index (χ0) is 12.1. The standard InChI is InChI=1S/C7H14O.C6H12O/c1-3-4-5-6-7(2)8;1-3-5-6(7)4-2/h3-6H2,1-2H3;3-5H2,1-2H3. The fourth-order valence-corrected chi connectivity index (χ4v) is 1.08. The summed E-state index contributed by atoms with van der Waals surface area (Å²) in [4.78, 5) is 20.7. The van der Waals surface area contributed by atoms with Crippen molar-refractivity contribution in [3.8, 4) is 0 Å². The molecule has 2 nitrogen and oxygen atoms in total. The van der Waals surface area contributed by atoms with Crippen LogP contribution in [0.1, 0.15) is 72.6 Å². The summed E-state index contributed by atoms with van der Waals surface area (Å²) in [5.41, 5.74) is 0. The molecule has 0 aliphatic carbocycles. The Kier molecular flexibility index (Phi) is 14.9. The van der Waals surface area contributed by atoms with Crippen LogP contribution in [0.25, 0.3) is 0 Å². The van der Waals surface area contributed by atoms with Gasteiger partial charge in [0.15, 0.2) is 0 Å². The molecule has 0 radical (unpaired) electrons. The first-order chi connectivity index (χ1) is 7.08. The van der Waals surface area contributed by atoms with Crippen molar-refractivity contribution in [1.29, 1.82) is 0 Å². The third-order valence-electron chi connectivity index (χ3n) is 2.06. The van der Waals surface area contributed by atoms with Crippen molar-refractivity contribution in [3.05, 3.63) is 0 Å². The lowest BCUT2D eigenvalue weighted by atomic mass is 10.2. The van der Waals surface area contributed by atoms with Crippen molar-refractivity contribution in [3.63, 3.8) is 0 Å². The molecule has 0 heterocycles. The van der Waals surface area contributed by atoms with Crippen molar-refractivity contribution in [2.45, 2.75) is 72.6 Å². The van der Waals surface area contributed by atoms with Gasteiger partial charge in [-0.15, -0.1) is 0 Å². The van der Waals surface area contributed by atoms with Crippen molar-refractivity contribution in [1.82, 2.24) is 0 Å². The predicted octanol–water partition coefficient (Wildman–Crippen LogP) is 3.92. The number of unbranched alkanes of at least 4 members (excludes halogenated alkanes) is 2. The van der Waals surface area contributed by atoms with Crippen LogP contribution in [0.2, 0.25) is 0 Å². The number of carbonyl (C=O) groups is 2. The van der Waals surface area contributed by atoms with E-state index in [1.165, 1.54) is 12.8 Å². The average molecular weight is 214 g/mol. The zero-order valence-corrected chi connectivity index (χ0v) is 10.8. The molecule has 0 aliphatic rings. The minimum Gasteiger partial charge on any atom is -0.300 e. The van der Waals surface area contributed by atoms with Gasteiger partial charge in [0.1, 0.15) is 11.6 Å². The Balaban J connectivity index is 0. The number of ketones is 2. The summed E-state index contributed by atoms with van der Waals surface area (Å²) < 4.78 is 0. The Morgan fingerprint density at radius 2 is 1.47 bits per heavy atom. The Hall–Kier alpha value is -0.660. The van der Waals surface area contributed by atoms with Gasteiger partial charge in [-0.25, -0.2) is 0 Å². The highest BCUT2D eigenvalue weighted by Gasteiger charge is 1.91. The van der Waals surface area contributed by atoms with Gasteiger partial charge in [-0.05, 0) is 19.8 Å². The normalized spacial score (nSPS) is 9.07. The largest absolute Gasteiger partial charge is 0.300 e. The van der Waals surface area contributed by atoms with Gasteiger partial charge in [-0.1, -0.05) is 33.6 Å². The molecule has 0 rings (SSSR count). The molecule has 0 bridgehead atoms. The van der Waals surface area contributed by atoms with Gasteiger partial charge in [0.25, 0.3) is 0 Å². The summed E-state index contributed by atoms with van der Waals surface area (Å²) in [5.74, 6) is 0.695. The fourth-order valence-electron chi connectivity index (χ4n) is 1.08. The number of hydrogen-bond donors (Lipinski definition) is 0. The maximum atomic E-state index is 10.4. The van der Waals surface area contributed by atoms with Crippen LogP contribution in [-0.4, -0.2) is 11.6 Å². The second kappa shape index (κ2) is 13.3. The van der Waals surface area contributed by atoms with Crippen LogP contribution in [-0.2, 0) is 9.59 Å². The third kappa shape index (κ3) is 19.7. The minimum atomic E-state index is 0.318. The van der Waals surface area contributed by atoms with Crippen LogP contribution in [0.5, 0.6) is 0 Å². The molecule has 0 spiro atoms. The highest BCUT2D eigenvalue weighted by molar-refractivity contribution is 5.77. The van der Waals surface area contributed by atoms with E-state index >= 15 is 0 Å². The quantitative estimate of drug-likeness (QED) is 0.602. The van der Waals surface area contributed by atoms with E-state index in [1.807, 2.05) is 13.8 Å². The maximum Gasteiger partial charge on any atom is 0.132 e. The van der Waals surface area contributed by atoms with Crippen LogP contribution in [0.3, 0.4) is 0 Å². The van der Waals surface area contributed by atoms with Gasteiger partial charge in [-0.3, -0.25) is 4.79 Å². The SMILES string of the molecule is CCCC(=O)CC.CCCCCC(C)=O. The van der Waals surface area contributed by atoms with Crippen molar-refractivity contribution >= 4 is 11.6 Å². The Bertz CT molecular complexity index is 162. The topological polar surface area (TPSA) is 34.1 Å². The molecule has 0 fully saturated rings. The van der Waals surface area contributed by atoms with Crippen LogP contribution < -0.4 is 0 Å². The lowest BCUT2D eigenvalue weighted by molar-refractivity contribution is -0.119. The fraction of sp³-hybridized carbons (Fsp3) is 0.846. The van der Waals surface area contributed by atoms with E-state index < -0.39 is 0 Å². The number of rotatable bonds is 7. The van der Waals surface area contributed by atoms with Gasteiger partial charge < -0.3 is 4.79 Å². The summed E-state index contributed by atoms with van der Waals surface area (Å²) >= 11 is 0. The van der Waals surface area contributed by atoms with E-state index in [0.29, 0.717) is 18.0 Å². The molecule has 0 unspecified atom stereocenters. The minimum absolute atomic E-state index is 0.318. The van der Waals surface area contributed by atoms with Crippen molar-refractivity contribution < 1.29 is 9.59 Å². The van der Waals surface area contributed by atoms with Crippen LogP contribution in [0.4, 0.5) is 0 Å². The lowest BCUT2D eigenvalue weighted by Gasteiger charge is -1.90. The van der Waals surface area contributed by atoms with Gasteiger partial charge in [0.05, 0.1) is 0 Å². The smallest absolute Gasteiger partial charge is 0.132 e. The lowest BCUT2D eigenvalue weighted by Crippen LogP contribution is -1.91. The molecule has 0 aromatic carbocycles. The van der Waals surface area contributed by atoms with Gasteiger partial charge in [-0.2, -0.15) is 0 Å². The van der Waals surface area contributed by atoms with E-state index in [9.17, 15) is 9.59 Å². The van der Waals surface area contributed by atoms with Crippen LogP contribution >= 0.6 is 0 Å². The van der Waals surface area contributed by atoms with E-state index in [4.69, 9.17) is 0 Å².